The van der Waals surface area contributed by atoms with Crippen LogP contribution in [0.4, 0.5) is 0 Å². The molecule has 0 saturated carbocycles. The lowest BCUT2D eigenvalue weighted by molar-refractivity contribution is -0.0455. The number of hydrogen-bond donors (Lipinski definition) is 1. The van der Waals surface area contributed by atoms with Crippen molar-refractivity contribution in [2.75, 3.05) is 0 Å². The van der Waals surface area contributed by atoms with E-state index < -0.39 is 0 Å². The minimum absolute atomic E-state index is 0.383. The summed E-state index contributed by atoms with van der Waals surface area (Å²) in [4.78, 5) is 0. The standard InChI is InChI=1S/C22H46O/c1-5-9-13-17-21(18-14-10-6-2)22(23,19-15-11-7-3)20-16-12-8-4/h21,23H,5-20H2,1-4H3. The molecular formula is C22H46O. The van der Waals surface area contributed by atoms with Gasteiger partial charge in [0.2, 0.25) is 0 Å². The first kappa shape index (κ1) is 23.0. The molecule has 0 unspecified atom stereocenters. The number of rotatable bonds is 17. The molecule has 0 rings (SSSR count). The van der Waals surface area contributed by atoms with Gasteiger partial charge in [-0.25, -0.2) is 0 Å². The highest BCUT2D eigenvalue weighted by atomic mass is 16.3. The van der Waals surface area contributed by atoms with Crippen LogP contribution in [0.3, 0.4) is 0 Å². The van der Waals surface area contributed by atoms with Gasteiger partial charge in [-0.3, -0.25) is 0 Å². The summed E-state index contributed by atoms with van der Waals surface area (Å²) in [5.74, 6) is 0.536. The van der Waals surface area contributed by atoms with Gasteiger partial charge < -0.3 is 5.11 Å². The molecule has 0 aliphatic carbocycles. The summed E-state index contributed by atoms with van der Waals surface area (Å²) in [7, 11) is 0. The molecule has 0 amide bonds. The van der Waals surface area contributed by atoms with Crippen molar-refractivity contribution in [3.05, 3.63) is 0 Å². The second-order valence-electron chi connectivity index (χ2n) is 7.71. The van der Waals surface area contributed by atoms with Crippen LogP contribution in [0.15, 0.2) is 0 Å². The number of unbranched alkanes of at least 4 members (excludes halogenated alkanes) is 8. The molecule has 0 aromatic carbocycles. The van der Waals surface area contributed by atoms with Crippen LogP contribution in [0, 0.1) is 5.92 Å². The van der Waals surface area contributed by atoms with Gasteiger partial charge in [0, 0.05) is 0 Å². The zero-order valence-electron chi connectivity index (χ0n) is 16.8. The van der Waals surface area contributed by atoms with Crippen LogP contribution in [0.25, 0.3) is 0 Å². The maximum atomic E-state index is 11.5. The molecule has 0 aromatic rings. The molecule has 0 aliphatic heterocycles. The summed E-state index contributed by atoms with van der Waals surface area (Å²) in [5, 5.41) is 11.5. The first-order valence-electron chi connectivity index (χ1n) is 10.9. The SMILES string of the molecule is CCCCCC(CCCCC)C(O)(CCCCC)CCCCC. The van der Waals surface area contributed by atoms with Crippen LogP contribution in [0.2, 0.25) is 0 Å². The highest BCUT2D eigenvalue weighted by Gasteiger charge is 2.34. The maximum Gasteiger partial charge on any atom is 0.0675 e. The Kier molecular flexibility index (Phi) is 15.5. The van der Waals surface area contributed by atoms with Gasteiger partial charge in [-0.05, 0) is 31.6 Å². The van der Waals surface area contributed by atoms with Gasteiger partial charge in [-0.2, -0.15) is 0 Å². The van der Waals surface area contributed by atoms with E-state index in [0.717, 1.165) is 12.8 Å². The first-order valence-corrected chi connectivity index (χ1v) is 10.9. The molecule has 0 atom stereocenters. The molecule has 1 N–H and O–H groups in total. The second-order valence-corrected chi connectivity index (χ2v) is 7.71. The molecule has 0 radical (unpaired) electrons. The van der Waals surface area contributed by atoms with E-state index >= 15 is 0 Å². The Morgan fingerprint density at radius 3 is 1.26 bits per heavy atom. The summed E-state index contributed by atoms with van der Waals surface area (Å²) in [6.45, 7) is 9.08. The first-order chi connectivity index (χ1) is 11.1. The smallest absolute Gasteiger partial charge is 0.0675 e. The molecule has 0 heterocycles. The zero-order valence-corrected chi connectivity index (χ0v) is 16.8. The van der Waals surface area contributed by atoms with Crippen LogP contribution < -0.4 is 0 Å². The Balaban J connectivity index is 4.74. The summed E-state index contributed by atoms with van der Waals surface area (Å²) in [6, 6.07) is 0. The molecular weight excluding hydrogens is 280 g/mol. The average Bonchev–Trinajstić information content (AvgIpc) is 2.54. The summed E-state index contributed by atoms with van der Waals surface area (Å²) in [6.07, 6.45) is 19.8. The highest BCUT2D eigenvalue weighted by molar-refractivity contribution is 4.86. The van der Waals surface area contributed by atoms with Gasteiger partial charge in [-0.1, -0.05) is 105 Å². The van der Waals surface area contributed by atoms with E-state index in [4.69, 9.17) is 0 Å². The van der Waals surface area contributed by atoms with Crippen molar-refractivity contribution in [2.45, 2.75) is 136 Å². The van der Waals surface area contributed by atoms with Gasteiger partial charge in [0.25, 0.3) is 0 Å². The molecule has 0 spiro atoms. The van der Waals surface area contributed by atoms with E-state index in [2.05, 4.69) is 27.7 Å². The minimum atomic E-state index is -0.383. The van der Waals surface area contributed by atoms with Crippen LogP contribution in [0.5, 0.6) is 0 Å². The molecule has 0 aliphatic rings. The maximum absolute atomic E-state index is 11.5. The van der Waals surface area contributed by atoms with Gasteiger partial charge in [0.05, 0.1) is 5.60 Å². The Labute approximate surface area is 147 Å². The molecule has 1 nitrogen and oxygen atoms in total. The van der Waals surface area contributed by atoms with Crippen molar-refractivity contribution < 1.29 is 5.11 Å². The number of hydrogen-bond acceptors (Lipinski definition) is 1. The van der Waals surface area contributed by atoms with Gasteiger partial charge >= 0.3 is 0 Å². The van der Waals surface area contributed by atoms with Gasteiger partial charge in [0.1, 0.15) is 0 Å². The van der Waals surface area contributed by atoms with Crippen molar-refractivity contribution in [3.8, 4) is 0 Å². The molecule has 23 heavy (non-hydrogen) atoms. The fourth-order valence-corrected chi connectivity index (χ4v) is 3.86. The van der Waals surface area contributed by atoms with E-state index in [0.29, 0.717) is 5.92 Å². The lowest BCUT2D eigenvalue weighted by atomic mass is 9.74. The van der Waals surface area contributed by atoms with Crippen molar-refractivity contribution in [3.63, 3.8) is 0 Å². The number of aliphatic hydroxyl groups is 1. The third-order valence-corrected chi connectivity index (χ3v) is 5.50. The van der Waals surface area contributed by atoms with Crippen molar-refractivity contribution in [1.29, 1.82) is 0 Å². The topological polar surface area (TPSA) is 20.2 Å². The molecule has 0 bridgehead atoms. The lowest BCUT2D eigenvalue weighted by Crippen LogP contribution is -2.38. The fourth-order valence-electron chi connectivity index (χ4n) is 3.86. The third-order valence-electron chi connectivity index (χ3n) is 5.50. The van der Waals surface area contributed by atoms with E-state index in [1.165, 1.54) is 89.9 Å². The molecule has 0 aromatic heterocycles. The monoisotopic (exact) mass is 326 g/mol. The van der Waals surface area contributed by atoms with Crippen molar-refractivity contribution in [2.24, 2.45) is 5.92 Å². The minimum Gasteiger partial charge on any atom is -0.390 e. The Morgan fingerprint density at radius 1 is 0.565 bits per heavy atom. The van der Waals surface area contributed by atoms with Crippen LogP contribution in [-0.4, -0.2) is 10.7 Å². The van der Waals surface area contributed by atoms with Gasteiger partial charge in [-0.15, -0.1) is 0 Å². The van der Waals surface area contributed by atoms with E-state index in [1.54, 1.807) is 0 Å². The second kappa shape index (κ2) is 15.5. The zero-order chi connectivity index (χ0) is 17.4. The van der Waals surface area contributed by atoms with Crippen LogP contribution >= 0.6 is 0 Å². The fraction of sp³-hybridized carbons (Fsp3) is 1.00. The Morgan fingerprint density at radius 2 is 0.913 bits per heavy atom. The van der Waals surface area contributed by atoms with E-state index in [-0.39, 0.29) is 5.60 Å². The van der Waals surface area contributed by atoms with Crippen LogP contribution in [0.1, 0.15) is 130 Å². The van der Waals surface area contributed by atoms with E-state index in [9.17, 15) is 5.11 Å². The highest BCUT2D eigenvalue weighted by Crippen LogP contribution is 2.36. The van der Waals surface area contributed by atoms with Gasteiger partial charge in [0.15, 0.2) is 0 Å². The third kappa shape index (κ3) is 11.2. The largest absolute Gasteiger partial charge is 0.390 e. The van der Waals surface area contributed by atoms with Crippen molar-refractivity contribution in [1.82, 2.24) is 0 Å². The summed E-state index contributed by atoms with van der Waals surface area (Å²) in [5.41, 5.74) is -0.383. The molecule has 1 heteroatoms. The summed E-state index contributed by atoms with van der Waals surface area (Å²) < 4.78 is 0. The average molecular weight is 327 g/mol. The predicted molar refractivity (Wildman–Crippen MR) is 105 cm³/mol. The molecule has 140 valence electrons. The van der Waals surface area contributed by atoms with Crippen LogP contribution in [-0.2, 0) is 0 Å². The lowest BCUT2D eigenvalue weighted by Gasteiger charge is -2.37. The Hall–Kier alpha value is -0.0400. The Bertz CT molecular complexity index is 216. The van der Waals surface area contributed by atoms with Crippen molar-refractivity contribution >= 4 is 0 Å². The molecule has 0 fully saturated rings. The predicted octanol–water partition coefficient (Wildman–Crippen LogP) is 7.65. The quantitative estimate of drug-likeness (QED) is 0.272. The van der Waals surface area contributed by atoms with E-state index in [1.807, 2.05) is 0 Å². The molecule has 0 saturated heterocycles. The summed E-state index contributed by atoms with van der Waals surface area (Å²) >= 11 is 0. The normalized spacial score (nSPS) is 12.3.